The lowest BCUT2D eigenvalue weighted by molar-refractivity contribution is 0.00114. The first-order valence-electron chi connectivity index (χ1n) is 8.70. The number of benzene rings is 1. The highest BCUT2D eigenvalue weighted by atomic mass is 16.5. The molecule has 2 heteroatoms. The summed E-state index contributed by atoms with van der Waals surface area (Å²) >= 11 is 0. The Hall–Kier alpha value is -0.860. The Labute approximate surface area is 128 Å². The summed E-state index contributed by atoms with van der Waals surface area (Å²) in [6.45, 7) is 0.913. The van der Waals surface area contributed by atoms with E-state index in [1.807, 2.05) is 0 Å². The maximum absolute atomic E-state index is 10.4. The molecule has 1 saturated heterocycles. The van der Waals surface area contributed by atoms with Gasteiger partial charge in [-0.1, -0.05) is 24.3 Å². The minimum absolute atomic E-state index is 0.174. The van der Waals surface area contributed by atoms with Gasteiger partial charge < -0.3 is 9.84 Å². The van der Waals surface area contributed by atoms with Crippen molar-refractivity contribution in [3.8, 4) is 0 Å². The summed E-state index contributed by atoms with van der Waals surface area (Å²) in [7, 11) is 0. The zero-order valence-corrected chi connectivity index (χ0v) is 13.0. The SMILES string of the molecule is OC(CCC1CCCCO1)CC1CCCc2ccccc21. The fourth-order valence-corrected chi connectivity index (χ4v) is 3.96. The molecule has 1 aliphatic carbocycles. The molecule has 1 aliphatic heterocycles. The highest BCUT2D eigenvalue weighted by Crippen LogP contribution is 2.35. The Bertz CT molecular complexity index is 437. The monoisotopic (exact) mass is 288 g/mol. The molecule has 0 saturated carbocycles. The summed E-state index contributed by atoms with van der Waals surface area (Å²) in [5, 5.41) is 10.4. The van der Waals surface area contributed by atoms with Crippen molar-refractivity contribution in [3.63, 3.8) is 0 Å². The number of aryl methyl sites for hydroxylation is 1. The van der Waals surface area contributed by atoms with Crippen LogP contribution in [0.5, 0.6) is 0 Å². The van der Waals surface area contributed by atoms with Gasteiger partial charge in [-0.25, -0.2) is 0 Å². The van der Waals surface area contributed by atoms with Crippen molar-refractivity contribution < 1.29 is 9.84 Å². The fourth-order valence-electron chi connectivity index (χ4n) is 3.96. The second-order valence-corrected chi connectivity index (χ2v) is 6.74. The molecule has 3 unspecified atom stereocenters. The minimum Gasteiger partial charge on any atom is -0.393 e. The van der Waals surface area contributed by atoms with Crippen LogP contribution in [0.1, 0.15) is 68.4 Å². The van der Waals surface area contributed by atoms with Crippen LogP contribution in [-0.2, 0) is 11.2 Å². The van der Waals surface area contributed by atoms with E-state index in [1.165, 1.54) is 49.7 Å². The summed E-state index contributed by atoms with van der Waals surface area (Å²) < 4.78 is 5.76. The van der Waals surface area contributed by atoms with Crippen molar-refractivity contribution in [2.75, 3.05) is 6.61 Å². The zero-order chi connectivity index (χ0) is 14.5. The molecule has 1 aromatic carbocycles. The van der Waals surface area contributed by atoms with E-state index in [0.29, 0.717) is 12.0 Å². The van der Waals surface area contributed by atoms with Crippen LogP contribution in [0.4, 0.5) is 0 Å². The number of rotatable bonds is 5. The average Bonchev–Trinajstić information content (AvgIpc) is 2.54. The maximum atomic E-state index is 10.4. The van der Waals surface area contributed by atoms with Crippen LogP contribution in [-0.4, -0.2) is 23.9 Å². The van der Waals surface area contributed by atoms with Gasteiger partial charge >= 0.3 is 0 Å². The number of hydrogen-bond acceptors (Lipinski definition) is 2. The summed E-state index contributed by atoms with van der Waals surface area (Å²) in [4.78, 5) is 0. The van der Waals surface area contributed by atoms with Crippen molar-refractivity contribution >= 4 is 0 Å². The van der Waals surface area contributed by atoms with Crippen molar-refractivity contribution in [1.29, 1.82) is 0 Å². The quantitative estimate of drug-likeness (QED) is 0.879. The molecule has 3 atom stereocenters. The molecule has 0 amide bonds. The van der Waals surface area contributed by atoms with E-state index < -0.39 is 0 Å². The molecular weight excluding hydrogens is 260 g/mol. The number of ether oxygens (including phenoxy) is 1. The second kappa shape index (κ2) is 7.42. The first-order chi connectivity index (χ1) is 10.3. The van der Waals surface area contributed by atoms with E-state index in [-0.39, 0.29) is 6.10 Å². The Morgan fingerprint density at radius 2 is 2.05 bits per heavy atom. The number of fused-ring (bicyclic) bond motifs is 1. The predicted octanol–water partition coefficient (Wildman–Crippen LogP) is 4.21. The van der Waals surface area contributed by atoms with Gasteiger partial charge in [0, 0.05) is 6.61 Å². The average molecular weight is 288 g/mol. The largest absolute Gasteiger partial charge is 0.393 e. The second-order valence-electron chi connectivity index (χ2n) is 6.74. The molecule has 1 heterocycles. The molecule has 1 fully saturated rings. The molecule has 1 N–H and O–H groups in total. The van der Waals surface area contributed by atoms with Crippen molar-refractivity contribution in [2.24, 2.45) is 0 Å². The van der Waals surface area contributed by atoms with Crippen LogP contribution in [0.2, 0.25) is 0 Å². The number of aliphatic hydroxyl groups excluding tert-OH is 1. The van der Waals surface area contributed by atoms with Gasteiger partial charge in [0.2, 0.25) is 0 Å². The molecule has 0 aromatic heterocycles. The van der Waals surface area contributed by atoms with E-state index in [0.717, 1.165) is 25.9 Å². The van der Waals surface area contributed by atoms with Crippen LogP contribution in [0.15, 0.2) is 24.3 Å². The highest BCUT2D eigenvalue weighted by molar-refractivity contribution is 5.32. The van der Waals surface area contributed by atoms with Crippen LogP contribution >= 0.6 is 0 Å². The highest BCUT2D eigenvalue weighted by Gasteiger charge is 2.23. The molecule has 0 radical (unpaired) electrons. The van der Waals surface area contributed by atoms with Crippen molar-refractivity contribution in [2.45, 2.75) is 75.9 Å². The molecule has 1 aromatic rings. The molecule has 2 aliphatic rings. The van der Waals surface area contributed by atoms with Crippen LogP contribution in [0, 0.1) is 0 Å². The summed E-state index contributed by atoms with van der Waals surface area (Å²) in [5.41, 5.74) is 2.98. The van der Waals surface area contributed by atoms with E-state index in [2.05, 4.69) is 24.3 Å². The summed E-state index contributed by atoms with van der Waals surface area (Å²) in [5.74, 6) is 0.553. The van der Waals surface area contributed by atoms with Gasteiger partial charge in [0.15, 0.2) is 0 Å². The molecule has 0 bridgehead atoms. The van der Waals surface area contributed by atoms with Crippen LogP contribution < -0.4 is 0 Å². The third-order valence-electron chi connectivity index (χ3n) is 5.15. The third kappa shape index (κ3) is 4.08. The number of hydrogen-bond donors (Lipinski definition) is 1. The van der Waals surface area contributed by atoms with Gasteiger partial charge in [-0.3, -0.25) is 0 Å². The van der Waals surface area contributed by atoms with E-state index in [9.17, 15) is 5.11 Å². The predicted molar refractivity (Wildman–Crippen MR) is 85.6 cm³/mol. The van der Waals surface area contributed by atoms with Gasteiger partial charge in [-0.15, -0.1) is 0 Å². The van der Waals surface area contributed by atoms with Crippen molar-refractivity contribution in [3.05, 3.63) is 35.4 Å². The van der Waals surface area contributed by atoms with Gasteiger partial charge in [-0.2, -0.15) is 0 Å². The molecule has 0 spiro atoms. The first kappa shape index (κ1) is 15.1. The molecule has 116 valence electrons. The molecular formula is C19H28O2. The Morgan fingerprint density at radius 3 is 2.90 bits per heavy atom. The van der Waals surface area contributed by atoms with Crippen molar-refractivity contribution in [1.82, 2.24) is 0 Å². The van der Waals surface area contributed by atoms with E-state index >= 15 is 0 Å². The smallest absolute Gasteiger partial charge is 0.0576 e. The molecule has 21 heavy (non-hydrogen) atoms. The molecule has 3 rings (SSSR count). The van der Waals surface area contributed by atoms with E-state index in [1.54, 1.807) is 0 Å². The maximum Gasteiger partial charge on any atom is 0.0576 e. The summed E-state index contributed by atoms with van der Waals surface area (Å²) in [6.07, 6.45) is 10.4. The fraction of sp³-hybridized carbons (Fsp3) is 0.684. The lowest BCUT2D eigenvalue weighted by Gasteiger charge is -2.28. The molecule has 2 nitrogen and oxygen atoms in total. The first-order valence-corrected chi connectivity index (χ1v) is 8.70. The van der Waals surface area contributed by atoms with Gasteiger partial charge in [0.05, 0.1) is 12.2 Å². The minimum atomic E-state index is -0.174. The lowest BCUT2D eigenvalue weighted by Crippen LogP contribution is -2.22. The van der Waals surface area contributed by atoms with E-state index in [4.69, 9.17) is 4.74 Å². The van der Waals surface area contributed by atoms with Gasteiger partial charge in [-0.05, 0) is 74.8 Å². The number of aliphatic hydroxyl groups is 1. The zero-order valence-electron chi connectivity index (χ0n) is 13.0. The lowest BCUT2D eigenvalue weighted by atomic mass is 9.79. The topological polar surface area (TPSA) is 29.5 Å². The summed E-state index contributed by atoms with van der Waals surface area (Å²) in [6, 6.07) is 8.79. The Balaban J connectivity index is 1.49. The van der Waals surface area contributed by atoms with Crippen LogP contribution in [0.3, 0.4) is 0 Å². The standard InChI is InChI=1S/C19H28O2/c20-17(11-12-18-9-3-4-13-21-18)14-16-8-5-7-15-6-1-2-10-19(15)16/h1-2,6,10,16-18,20H,3-5,7-9,11-14H2. The third-order valence-corrected chi connectivity index (χ3v) is 5.15. The van der Waals surface area contributed by atoms with Gasteiger partial charge in [0.25, 0.3) is 0 Å². The van der Waals surface area contributed by atoms with Gasteiger partial charge in [0.1, 0.15) is 0 Å². The Kier molecular flexibility index (Phi) is 5.32. The normalized spacial score (nSPS) is 27.1. The Morgan fingerprint density at radius 1 is 1.14 bits per heavy atom. The van der Waals surface area contributed by atoms with Crippen LogP contribution in [0.25, 0.3) is 0 Å².